The molecule has 16 aliphatic rings. The van der Waals surface area contributed by atoms with Crippen molar-refractivity contribution in [3.8, 4) is 0 Å². The average molecular weight is 2330 g/mol. The van der Waals surface area contributed by atoms with Gasteiger partial charge in [0.25, 0.3) is 0 Å². The van der Waals surface area contributed by atoms with Crippen LogP contribution in [0, 0.1) is 361 Å². The first-order valence-corrected chi connectivity index (χ1v) is 47.1. The Kier molecular flexibility index (Phi) is 86.3. The van der Waals surface area contributed by atoms with Crippen LogP contribution in [-0.4, -0.2) is 0 Å². The minimum absolute atomic E-state index is 0. The van der Waals surface area contributed by atoms with Crippen molar-refractivity contribution in [3.05, 3.63) is 119 Å². The van der Waals surface area contributed by atoms with Gasteiger partial charge in [0.1, 0.15) is 0 Å². The number of fused-ring (bicyclic) bond motifs is 12. The van der Waals surface area contributed by atoms with Crippen molar-refractivity contribution in [1.29, 1.82) is 0 Å². The van der Waals surface area contributed by atoms with E-state index >= 15 is 0 Å². The molecule has 0 aliphatic heterocycles. The van der Waals surface area contributed by atoms with Gasteiger partial charge >= 0.3 is 103 Å². The van der Waals surface area contributed by atoms with Crippen molar-refractivity contribution in [1.82, 2.24) is 0 Å². The Balaban J connectivity index is -0.000000108. The van der Waals surface area contributed by atoms with Gasteiger partial charge < -0.3 is 119 Å². The Morgan fingerprint density at radius 3 is 0.697 bits per heavy atom. The molecule has 0 aromatic heterocycles. The SMILES string of the molecule is CC1C(C)C(C)C(C)C1C.CC1C(C)C(C)C(C)C1C.CC1C(C)C(C)C(C)C1C.CC1C(C)C(C)C(C)C1C.CC1CC(C)C2C1CCC1CCCCC12.CC1CCC2C1CCC1CCCCC12.CC1CCC2CCC3CCCCC3C12.CCCC1CCC2CCC3CCCCC3C12.[CH3-].[CH3-].[CH3-].[CH3-].[CH3-].[CH3-].[CH3-].[CH3-].[CH3-].[CH3-].[CH3-].[CH3-].[CH3-].[CH3-].[CH3-].[CH3-].[Hf+4].[Hf+4].[Hf+4].[Hf+4]. The fraction of sp³-hybridized carbons (Fsp3) is 0.861. The molecule has 0 heterocycles. The molecule has 0 spiro atoms. The minimum atomic E-state index is 0. The van der Waals surface area contributed by atoms with E-state index in [2.05, 4.69) is 173 Å². The van der Waals surface area contributed by atoms with Gasteiger partial charge in [0.05, 0.1) is 0 Å². The van der Waals surface area contributed by atoms with Crippen LogP contribution < -0.4 is 0 Å². The van der Waals surface area contributed by atoms with E-state index in [1.807, 2.05) is 0 Å². The van der Waals surface area contributed by atoms with E-state index in [1.54, 1.807) is 154 Å². The Labute approximate surface area is 841 Å². The Bertz CT molecular complexity index is 2000. The third-order valence-corrected chi connectivity index (χ3v) is 39.8. The van der Waals surface area contributed by atoms with E-state index in [9.17, 15) is 0 Å². The summed E-state index contributed by atoms with van der Waals surface area (Å²) in [5, 5.41) is 0. The van der Waals surface area contributed by atoms with Crippen LogP contribution in [0.15, 0.2) is 0 Å². The molecule has 0 N–H and O–H groups in total. The quantitative estimate of drug-likeness (QED) is 0.191. The van der Waals surface area contributed by atoms with Gasteiger partial charge in [0, 0.05) is 0 Å². The van der Waals surface area contributed by atoms with E-state index in [0.717, 1.165) is 237 Å². The average Bonchev–Trinajstić information content (AvgIpc) is 1.67. The first kappa shape index (κ1) is 148. The van der Waals surface area contributed by atoms with E-state index in [-0.39, 0.29) is 222 Å². The summed E-state index contributed by atoms with van der Waals surface area (Å²) in [7, 11) is 0. The van der Waals surface area contributed by atoms with Crippen LogP contribution in [0.5, 0.6) is 0 Å². The van der Waals surface area contributed by atoms with Crippen LogP contribution in [-0.2, 0) is 103 Å². The van der Waals surface area contributed by atoms with Gasteiger partial charge in [-0.3, -0.25) is 0 Å². The van der Waals surface area contributed by atoms with Gasteiger partial charge in [-0.05, 0) is 352 Å². The summed E-state index contributed by atoms with van der Waals surface area (Å²) in [4.78, 5) is 0. The molecular formula is C115H230Hf4. The standard InChI is InChI=1S/C16H28.C15H26.2C14H24.4C10H20.16CH3.4Hf/c1-2-5-13-10-11-14-9-8-12-6-3-4-7-15(12)16(13)14;1-10-9-11(2)15-13(10)8-7-12-5-3-4-6-14(12)15;1-10-6-8-14-12(10)9-7-11-4-2-3-5-13(11)14;1-10-6-7-12-9-8-11-4-2-3-5-13(11)14(10)12;4*1-6-7(2)9(4)10(5)8(6)3;;;;;;;;;;;;;;;;;;;;/h12-16H,2-11H2,1H3;10-15H,3-9H2,1-2H3;2*10-14H,2-9H2,1H3;4*6-10H,1-5H3;16*1H3;;;;/q;;;;;;;;16*-1;4*+4. The topological polar surface area (TPSA) is 0 Å². The van der Waals surface area contributed by atoms with E-state index in [4.69, 9.17) is 0 Å². The minimum Gasteiger partial charge on any atom is -0.358 e. The van der Waals surface area contributed by atoms with E-state index in [0.29, 0.717) is 0 Å². The maximum absolute atomic E-state index is 2.54. The second kappa shape index (κ2) is 69.3. The Hall–Kier alpha value is 3.48. The largest absolute Gasteiger partial charge is 4.00 e. The second-order valence-corrected chi connectivity index (χ2v) is 43.0. The van der Waals surface area contributed by atoms with Crippen LogP contribution in [0.2, 0.25) is 0 Å². The fourth-order valence-corrected chi connectivity index (χ4v) is 30.4. The van der Waals surface area contributed by atoms with Crippen LogP contribution in [0.4, 0.5) is 0 Å². The maximum atomic E-state index is 2.54. The summed E-state index contributed by atoms with van der Waals surface area (Å²) in [5.74, 6) is 42.3. The normalized spacial score (nSPS) is 44.3. The third-order valence-electron chi connectivity index (χ3n) is 39.8. The monoisotopic (exact) mass is 2330 g/mol. The molecule has 119 heavy (non-hydrogen) atoms. The van der Waals surface area contributed by atoms with Gasteiger partial charge in [-0.15, -0.1) is 0 Å². The molecule has 16 fully saturated rings. The zero-order valence-corrected chi connectivity index (χ0v) is 104. The predicted octanol–water partition coefficient (Wildman–Crippen LogP) is 37.9. The van der Waals surface area contributed by atoms with Crippen molar-refractivity contribution in [3.63, 3.8) is 0 Å². The van der Waals surface area contributed by atoms with Crippen LogP contribution in [0.25, 0.3) is 0 Å². The zero-order valence-electron chi connectivity index (χ0n) is 90.0. The second-order valence-electron chi connectivity index (χ2n) is 43.0. The van der Waals surface area contributed by atoms with Gasteiger partial charge in [-0.2, -0.15) is 0 Å². The van der Waals surface area contributed by atoms with Crippen molar-refractivity contribution in [2.45, 2.75) is 385 Å². The molecule has 4 heteroatoms. The number of rotatable bonds is 2. The maximum Gasteiger partial charge on any atom is 4.00 e. The van der Waals surface area contributed by atoms with Crippen molar-refractivity contribution < 1.29 is 103 Å². The van der Waals surface area contributed by atoms with Gasteiger partial charge in [-0.1, -0.05) is 276 Å². The molecule has 0 amide bonds. The van der Waals surface area contributed by atoms with Gasteiger partial charge in [-0.25, -0.2) is 0 Å². The zero-order chi connectivity index (χ0) is 72.0. The fourth-order valence-electron chi connectivity index (χ4n) is 30.4. The smallest absolute Gasteiger partial charge is 0.358 e. The number of hydrogen-bond donors (Lipinski definition) is 0. The Morgan fingerprint density at radius 2 is 0.378 bits per heavy atom. The van der Waals surface area contributed by atoms with Gasteiger partial charge in [0.15, 0.2) is 0 Å². The van der Waals surface area contributed by atoms with Crippen LogP contribution >= 0.6 is 0 Å². The first-order valence-electron chi connectivity index (χ1n) is 47.1. The third kappa shape index (κ3) is 35.4. The summed E-state index contributed by atoms with van der Waals surface area (Å²) in [6, 6.07) is 0. The predicted molar refractivity (Wildman–Crippen MR) is 540 cm³/mol. The summed E-state index contributed by atoms with van der Waals surface area (Å²) in [6.45, 7) is 60.4. The molecule has 21 unspecified atom stereocenters. The molecule has 0 aromatic rings. The van der Waals surface area contributed by atoms with Crippen LogP contribution in [0.1, 0.15) is 385 Å². The molecule has 0 aromatic carbocycles. The molecular weight excluding hydrogens is 2100 g/mol. The van der Waals surface area contributed by atoms with Crippen molar-refractivity contribution in [2.75, 3.05) is 0 Å². The first-order chi connectivity index (χ1) is 47.1. The molecule has 21 atom stereocenters. The van der Waals surface area contributed by atoms with Crippen molar-refractivity contribution >= 4 is 0 Å². The molecule has 706 valence electrons. The number of hydrogen-bond acceptors (Lipinski definition) is 0. The van der Waals surface area contributed by atoms with Crippen LogP contribution in [0.3, 0.4) is 0 Å². The Morgan fingerprint density at radius 1 is 0.160 bits per heavy atom. The molecule has 16 aliphatic carbocycles. The van der Waals surface area contributed by atoms with Crippen molar-refractivity contribution in [2.24, 2.45) is 243 Å². The summed E-state index contributed by atoms with van der Waals surface area (Å²) in [6.07, 6.45) is 51.4. The summed E-state index contributed by atoms with van der Waals surface area (Å²) in [5.41, 5.74) is 0. The van der Waals surface area contributed by atoms with Gasteiger partial charge in [0.2, 0.25) is 0 Å². The summed E-state index contributed by atoms with van der Waals surface area (Å²) >= 11 is 0. The van der Waals surface area contributed by atoms with E-state index in [1.165, 1.54) is 63.7 Å². The molecule has 0 bridgehead atoms. The van der Waals surface area contributed by atoms with E-state index < -0.39 is 0 Å². The summed E-state index contributed by atoms with van der Waals surface area (Å²) < 4.78 is 0. The molecule has 0 nitrogen and oxygen atoms in total. The molecule has 0 saturated heterocycles. The molecule has 0 radical (unpaired) electrons. The molecule has 16 saturated carbocycles. The molecule has 16 rings (SSSR count).